The normalized spacial score (nSPS) is 10.5. The van der Waals surface area contributed by atoms with Crippen LogP contribution < -0.4 is 5.32 Å². The molecule has 0 aliphatic rings. The van der Waals surface area contributed by atoms with Crippen LogP contribution in [0.1, 0.15) is 26.3 Å². The van der Waals surface area contributed by atoms with Gasteiger partial charge in [-0.3, -0.25) is 4.79 Å². The third-order valence-electron chi connectivity index (χ3n) is 3.79. The second-order valence-corrected chi connectivity index (χ2v) is 5.34. The largest absolute Gasteiger partial charge is 0.465 e. The van der Waals surface area contributed by atoms with Crippen molar-refractivity contribution < 1.29 is 18.7 Å². The molecule has 0 spiro atoms. The van der Waals surface area contributed by atoms with E-state index in [9.17, 15) is 9.59 Å². The fourth-order valence-electron chi connectivity index (χ4n) is 2.52. The third kappa shape index (κ3) is 3.30. The van der Waals surface area contributed by atoms with Crippen molar-refractivity contribution >= 4 is 22.8 Å². The number of carbonyl (C=O) groups is 2. The van der Waals surface area contributed by atoms with Gasteiger partial charge in [-0.05, 0) is 42.3 Å². The number of rotatable bonds is 5. The van der Waals surface area contributed by atoms with E-state index in [2.05, 4.69) is 5.32 Å². The SMILES string of the molecule is COC(=O)c1ccc2occ(CCNC(=O)c3ccccc3)c2c1. The molecule has 0 aliphatic carbocycles. The minimum absolute atomic E-state index is 0.112. The van der Waals surface area contributed by atoms with Crippen LogP contribution in [0.25, 0.3) is 11.0 Å². The molecule has 1 aromatic heterocycles. The maximum atomic E-state index is 12.0. The first-order valence-corrected chi connectivity index (χ1v) is 7.60. The van der Waals surface area contributed by atoms with Crippen LogP contribution in [0.4, 0.5) is 0 Å². The summed E-state index contributed by atoms with van der Waals surface area (Å²) in [4.78, 5) is 23.7. The highest BCUT2D eigenvalue weighted by Gasteiger charge is 2.11. The standard InChI is InChI=1S/C19H17NO4/c1-23-19(22)14-7-8-17-16(11-14)15(12-24-17)9-10-20-18(21)13-5-3-2-4-6-13/h2-8,11-12H,9-10H2,1H3,(H,20,21). The summed E-state index contributed by atoms with van der Waals surface area (Å²) in [6.45, 7) is 0.477. The number of hydrogen-bond acceptors (Lipinski definition) is 4. The lowest BCUT2D eigenvalue weighted by atomic mass is 10.1. The quantitative estimate of drug-likeness (QED) is 0.732. The number of esters is 1. The van der Waals surface area contributed by atoms with Crippen LogP contribution in [-0.4, -0.2) is 25.5 Å². The van der Waals surface area contributed by atoms with E-state index in [4.69, 9.17) is 9.15 Å². The van der Waals surface area contributed by atoms with Crippen LogP contribution in [0.3, 0.4) is 0 Å². The molecular weight excluding hydrogens is 306 g/mol. The molecule has 24 heavy (non-hydrogen) atoms. The molecule has 0 aliphatic heterocycles. The Morgan fingerprint density at radius 3 is 2.62 bits per heavy atom. The zero-order valence-electron chi connectivity index (χ0n) is 13.2. The Morgan fingerprint density at radius 1 is 1.08 bits per heavy atom. The Kier molecular flexibility index (Phi) is 4.61. The highest BCUT2D eigenvalue weighted by Crippen LogP contribution is 2.23. The number of furan rings is 1. The van der Waals surface area contributed by atoms with Crippen molar-refractivity contribution in [1.82, 2.24) is 5.32 Å². The van der Waals surface area contributed by atoms with Gasteiger partial charge >= 0.3 is 5.97 Å². The van der Waals surface area contributed by atoms with Gasteiger partial charge in [-0.2, -0.15) is 0 Å². The Balaban J connectivity index is 1.69. The molecule has 0 saturated heterocycles. The van der Waals surface area contributed by atoms with E-state index in [0.29, 0.717) is 29.7 Å². The maximum absolute atomic E-state index is 12.0. The Labute approximate surface area is 139 Å². The van der Waals surface area contributed by atoms with Gasteiger partial charge in [-0.25, -0.2) is 4.79 Å². The molecule has 1 N–H and O–H groups in total. The Bertz CT molecular complexity index is 867. The van der Waals surface area contributed by atoms with E-state index in [-0.39, 0.29) is 11.9 Å². The first-order valence-electron chi connectivity index (χ1n) is 7.60. The van der Waals surface area contributed by atoms with Crippen LogP contribution in [0.15, 0.2) is 59.2 Å². The number of carbonyl (C=O) groups excluding carboxylic acids is 2. The zero-order chi connectivity index (χ0) is 16.9. The molecule has 0 saturated carbocycles. The van der Waals surface area contributed by atoms with Crippen molar-refractivity contribution in [2.24, 2.45) is 0 Å². The van der Waals surface area contributed by atoms with Gasteiger partial charge in [0.25, 0.3) is 5.91 Å². The Morgan fingerprint density at radius 2 is 1.88 bits per heavy atom. The van der Waals surface area contributed by atoms with Gasteiger partial charge in [0.1, 0.15) is 5.58 Å². The molecule has 5 heteroatoms. The smallest absolute Gasteiger partial charge is 0.337 e. The minimum Gasteiger partial charge on any atom is -0.465 e. The molecule has 5 nitrogen and oxygen atoms in total. The number of hydrogen-bond donors (Lipinski definition) is 1. The molecule has 0 unspecified atom stereocenters. The second-order valence-electron chi connectivity index (χ2n) is 5.34. The van der Waals surface area contributed by atoms with Gasteiger partial charge in [-0.15, -0.1) is 0 Å². The third-order valence-corrected chi connectivity index (χ3v) is 3.79. The molecule has 1 heterocycles. The molecule has 0 radical (unpaired) electrons. The fourth-order valence-corrected chi connectivity index (χ4v) is 2.52. The molecule has 3 aromatic rings. The van der Waals surface area contributed by atoms with Crippen LogP contribution in [0.5, 0.6) is 0 Å². The number of ether oxygens (including phenoxy) is 1. The summed E-state index contributed by atoms with van der Waals surface area (Å²) in [5, 5.41) is 3.73. The molecule has 0 bridgehead atoms. The van der Waals surface area contributed by atoms with Gasteiger partial charge in [-0.1, -0.05) is 18.2 Å². The summed E-state index contributed by atoms with van der Waals surface area (Å²) >= 11 is 0. The van der Waals surface area contributed by atoms with Gasteiger partial charge in [0.05, 0.1) is 18.9 Å². The molecular formula is C19H17NO4. The predicted molar refractivity (Wildman–Crippen MR) is 90.0 cm³/mol. The highest BCUT2D eigenvalue weighted by molar-refractivity contribution is 5.95. The number of fused-ring (bicyclic) bond motifs is 1. The topological polar surface area (TPSA) is 68.5 Å². The first-order chi connectivity index (χ1) is 11.7. The summed E-state index contributed by atoms with van der Waals surface area (Å²) in [6, 6.07) is 14.2. The average Bonchev–Trinajstić information content (AvgIpc) is 3.04. The summed E-state index contributed by atoms with van der Waals surface area (Å²) in [5.41, 5.74) is 2.74. The Hall–Kier alpha value is -3.08. The monoisotopic (exact) mass is 323 g/mol. The van der Waals surface area contributed by atoms with Crippen LogP contribution in [-0.2, 0) is 11.2 Å². The van der Waals surface area contributed by atoms with Crippen molar-refractivity contribution in [2.45, 2.75) is 6.42 Å². The molecule has 0 atom stereocenters. The molecule has 3 rings (SSSR count). The molecule has 122 valence electrons. The molecule has 2 aromatic carbocycles. The number of methoxy groups -OCH3 is 1. The fraction of sp³-hybridized carbons (Fsp3) is 0.158. The average molecular weight is 323 g/mol. The molecule has 1 amide bonds. The van der Waals surface area contributed by atoms with Crippen molar-refractivity contribution in [3.05, 3.63) is 71.5 Å². The summed E-state index contributed by atoms with van der Waals surface area (Å²) < 4.78 is 10.2. The van der Waals surface area contributed by atoms with Gasteiger partial charge in [0.15, 0.2) is 0 Å². The van der Waals surface area contributed by atoms with Gasteiger partial charge in [0, 0.05) is 17.5 Å². The lowest BCUT2D eigenvalue weighted by Gasteiger charge is -2.04. The van der Waals surface area contributed by atoms with E-state index < -0.39 is 0 Å². The van der Waals surface area contributed by atoms with Crippen LogP contribution in [0.2, 0.25) is 0 Å². The predicted octanol–water partition coefficient (Wildman–Crippen LogP) is 3.19. The van der Waals surface area contributed by atoms with Crippen molar-refractivity contribution in [3.8, 4) is 0 Å². The van der Waals surface area contributed by atoms with Crippen LogP contribution >= 0.6 is 0 Å². The van der Waals surface area contributed by atoms with Crippen molar-refractivity contribution in [1.29, 1.82) is 0 Å². The number of amides is 1. The maximum Gasteiger partial charge on any atom is 0.337 e. The van der Waals surface area contributed by atoms with Gasteiger partial charge < -0.3 is 14.5 Å². The number of benzene rings is 2. The van der Waals surface area contributed by atoms with Gasteiger partial charge in [0.2, 0.25) is 0 Å². The summed E-state index contributed by atoms with van der Waals surface area (Å²) in [5.74, 6) is -0.500. The van der Waals surface area contributed by atoms with E-state index in [1.807, 2.05) is 18.2 Å². The van der Waals surface area contributed by atoms with E-state index in [0.717, 1.165) is 10.9 Å². The highest BCUT2D eigenvalue weighted by atomic mass is 16.5. The molecule has 0 fully saturated rings. The van der Waals surface area contributed by atoms with Crippen molar-refractivity contribution in [2.75, 3.05) is 13.7 Å². The number of nitrogens with one attached hydrogen (secondary N) is 1. The summed E-state index contributed by atoms with van der Waals surface area (Å²) in [7, 11) is 1.35. The minimum atomic E-state index is -0.388. The first kappa shape index (κ1) is 15.8. The zero-order valence-corrected chi connectivity index (χ0v) is 13.2. The van der Waals surface area contributed by atoms with Crippen molar-refractivity contribution in [3.63, 3.8) is 0 Å². The summed E-state index contributed by atoms with van der Waals surface area (Å²) in [6.07, 6.45) is 2.26. The van der Waals surface area contributed by atoms with E-state index in [1.165, 1.54) is 7.11 Å². The second kappa shape index (κ2) is 7.00. The lowest BCUT2D eigenvalue weighted by molar-refractivity contribution is 0.0600. The van der Waals surface area contributed by atoms with E-state index in [1.54, 1.807) is 36.6 Å². The van der Waals surface area contributed by atoms with E-state index >= 15 is 0 Å². The van der Waals surface area contributed by atoms with Crippen LogP contribution in [0, 0.1) is 0 Å². The lowest BCUT2D eigenvalue weighted by Crippen LogP contribution is -2.25.